The van der Waals surface area contributed by atoms with Gasteiger partial charge in [0.05, 0.1) is 28.6 Å². The third-order valence-corrected chi connectivity index (χ3v) is 4.65. The van der Waals surface area contributed by atoms with Crippen molar-refractivity contribution in [2.75, 3.05) is 0 Å². The Hall–Kier alpha value is -3.53. The Morgan fingerprint density at radius 2 is 1.69 bits per heavy atom. The third kappa shape index (κ3) is 2.35. The van der Waals surface area contributed by atoms with Crippen molar-refractivity contribution in [2.24, 2.45) is 0 Å². The Morgan fingerprint density at radius 3 is 2.58 bits per heavy atom. The normalized spacial score (nSPS) is 11.3. The SMILES string of the molecule is Cc1nc(-c2ccc3ccc(-c4ccccc4)nc3c2)n2ccncc12. The second-order valence-electron chi connectivity index (χ2n) is 6.32. The molecule has 0 spiro atoms. The summed E-state index contributed by atoms with van der Waals surface area (Å²) in [4.78, 5) is 13.8. The van der Waals surface area contributed by atoms with Crippen LogP contribution < -0.4 is 0 Å². The van der Waals surface area contributed by atoms with Crippen LogP contribution >= 0.6 is 0 Å². The van der Waals surface area contributed by atoms with Gasteiger partial charge in [0.2, 0.25) is 0 Å². The molecule has 0 aliphatic heterocycles. The van der Waals surface area contributed by atoms with Gasteiger partial charge in [-0.2, -0.15) is 0 Å². The van der Waals surface area contributed by atoms with Crippen LogP contribution in [0.3, 0.4) is 0 Å². The van der Waals surface area contributed by atoms with Crippen molar-refractivity contribution in [1.82, 2.24) is 19.4 Å². The summed E-state index contributed by atoms with van der Waals surface area (Å²) in [6, 6.07) is 20.7. The number of benzene rings is 2. The molecule has 4 nitrogen and oxygen atoms in total. The van der Waals surface area contributed by atoms with E-state index < -0.39 is 0 Å². The van der Waals surface area contributed by atoms with Crippen LogP contribution in [0.25, 0.3) is 39.1 Å². The molecule has 5 rings (SSSR count). The summed E-state index contributed by atoms with van der Waals surface area (Å²) in [7, 11) is 0. The zero-order valence-electron chi connectivity index (χ0n) is 14.3. The van der Waals surface area contributed by atoms with Gasteiger partial charge in [-0.25, -0.2) is 9.97 Å². The molecule has 2 aromatic carbocycles. The minimum atomic E-state index is 0.911. The Bertz CT molecular complexity index is 1240. The molecule has 0 saturated heterocycles. The number of aromatic nitrogens is 4. The highest BCUT2D eigenvalue weighted by Crippen LogP contribution is 2.27. The number of pyridine rings is 1. The average Bonchev–Trinajstić information content (AvgIpc) is 3.05. The molecule has 0 aliphatic rings. The van der Waals surface area contributed by atoms with Crippen molar-refractivity contribution < 1.29 is 0 Å². The molecule has 0 bridgehead atoms. The molecular formula is C22H16N4. The fraction of sp³-hybridized carbons (Fsp3) is 0.0455. The smallest absolute Gasteiger partial charge is 0.144 e. The number of aryl methyl sites for hydroxylation is 1. The Morgan fingerprint density at radius 1 is 0.846 bits per heavy atom. The minimum absolute atomic E-state index is 0.911. The number of hydrogen-bond acceptors (Lipinski definition) is 3. The molecule has 0 fully saturated rings. The predicted molar refractivity (Wildman–Crippen MR) is 104 cm³/mol. The van der Waals surface area contributed by atoms with Gasteiger partial charge in [0, 0.05) is 28.9 Å². The Labute approximate surface area is 150 Å². The van der Waals surface area contributed by atoms with Gasteiger partial charge in [-0.15, -0.1) is 0 Å². The molecule has 0 saturated carbocycles. The van der Waals surface area contributed by atoms with Crippen molar-refractivity contribution in [3.63, 3.8) is 0 Å². The summed E-state index contributed by atoms with van der Waals surface area (Å²) in [5, 5.41) is 1.12. The van der Waals surface area contributed by atoms with E-state index >= 15 is 0 Å². The first-order chi connectivity index (χ1) is 12.8. The Kier molecular flexibility index (Phi) is 3.28. The van der Waals surface area contributed by atoms with Crippen LogP contribution in [-0.4, -0.2) is 19.4 Å². The zero-order chi connectivity index (χ0) is 17.5. The molecule has 0 N–H and O–H groups in total. The summed E-state index contributed by atoms with van der Waals surface area (Å²) in [6.07, 6.45) is 5.58. The minimum Gasteiger partial charge on any atom is -0.296 e. The Balaban J connectivity index is 1.69. The van der Waals surface area contributed by atoms with Gasteiger partial charge in [-0.05, 0) is 19.1 Å². The van der Waals surface area contributed by atoms with Crippen LogP contribution in [-0.2, 0) is 0 Å². The van der Waals surface area contributed by atoms with E-state index in [0.29, 0.717) is 0 Å². The van der Waals surface area contributed by atoms with Crippen LogP contribution in [0.1, 0.15) is 5.69 Å². The van der Waals surface area contributed by atoms with E-state index in [1.807, 2.05) is 37.5 Å². The number of hydrogen-bond donors (Lipinski definition) is 0. The molecule has 0 atom stereocenters. The lowest BCUT2D eigenvalue weighted by molar-refractivity contribution is 1.12. The van der Waals surface area contributed by atoms with Crippen molar-refractivity contribution >= 4 is 16.4 Å². The highest BCUT2D eigenvalue weighted by molar-refractivity contribution is 5.85. The van der Waals surface area contributed by atoms with Gasteiger partial charge >= 0.3 is 0 Å². The van der Waals surface area contributed by atoms with E-state index in [4.69, 9.17) is 9.97 Å². The molecular weight excluding hydrogens is 320 g/mol. The molecule has 0 aliphatic carbocycles. The van der Waals surface area contributed by atoms with Crippen LogP contribution in [0.15, 0.2) is 79.3 Å². The van der Waals surface area contributed by atoms with Crippen LogP contribution in [0.5, 0.6) is 0 Å². The standard InChI is InChI=1S/C22H16N4/c1-15-21-14-23-11-12-26(21)22(24-15)18-8-7-17-9-10-19(25-20(17)13-18)16-5-3-2-4-6-16/h2-14H,1H3. The molecule has 3 aromatic heterocycles. The van der Waals surface area contributed by atoms with E-state index in [2.05, 4.69) is 51.8 Å². The van der Waals surface area contributed by atoms with Crippen molar-refractivity contribution in [3.05, 3.63) is 84.9 Å². The van der Waals surface area contributed by atoms with Crippen LogP contribution in [0.2, 0.25) is 0 Å². The fourth-order valence-electron chi connectivity index (χ4n) is 3.31. The lowest BCUT2D eigenvalue weighted by Crippen LogP contribution is -1.91. The molecule has 26 heavy (non-hydrogen) atoms. The quantitative estimate of drug-likeness (QED) is 0.459. The van der Waals surface area contributed by atoms with E-state index in [9.17, 15) is 0 Å². The number of rotatable bonds is 2. The third-order valence-electron chi connectivity index (χ3n) is 4.65. The van der Waals surface area contributed by atoms with E-state index in [1.165, 1.54) is 0 Å². The number of imidazole rings is 1. The second-order valence-corrected chi connectivity index (χ2v) is 6.32. The van der Waals surface area contributed by atoms with Crippen LogP contribution in [0, 0.1) is 6.92 Å². The van der Waals surface area contributed by atoms with Gasteiger partial charge in [-0.1, -0.05) is 48.5 Å². The summed E-state index contributed by atoms with van der Waals surface area (Å²) in [6.45, 7) is 2.01. The van der Waals surface area contributed by atoms with Gasteiger partial charge in [0.15, 0.2) is 0 Å². The highest BCUT2D eigenvalue weighted by Gasteiger charge is 2.11. The maximum absolute atomic E-state index is 4.87. The van der Waals surface area contributed by atoms with Gasteiger partial charge in [0.1, 0.15) is 5.82 Å². The maximum atomic E-state index is 4.87. The zero-order valence-corrected chi connectivity index (χ0v) is 14.3. The topological polar surface area (TPSA) is 43.1 Å². The summed E-state index contributed by atoms with van der Waals surface area (Å²) < 4.78 is 2.07. The lowest BCUT2D eigenvalue weighted by atomic mass is 10.1. The summed E-state index contributed by atoms with van der Waals surface area (Å²) >= 11 is 0. The molecule has 0 unspecified atom stereocenters. The monoisotopic (exact) mass is 336 g/mol. The fourth-order valence-corrected chi connectivity index (χ4v) is 3.31. The first kappa shape index (κ1) is 14.8. The van der Waals surface area contributed by atoms with Crippen molar-refractivity contribution in [2.45, 2.75) is 6.92 Å². The van der Waals surface area contributed by atoms with E-state index in [1.54, 1.807) is 6.20 Å². The van der Waals surface area contributed by atoms with E-state index in [0.717, 1.165) is 44.8 Å². The van der Waals surface area contributed by atoms with Crippen molar-refractivity contribution in [3.8, 4) is 22.6 Å². The first-order valence-electron chi connectivity index (χ1n) is 8.55. The maximum Gasteiger partial charge on any atom is 0.144 e. The largest absolute Gasteiger partial charge is 0.296 e. The second kappa shape index (κ2) is 5.77. The first-order valence-corrected chi connectivity index (χ1v) is 8.55. The average molecular weight is 336 g/mol. The molecule has 5 aromatic rings. The van der Waals surface area contributed by atoms with Gasteiger partial charge in [-0.3, -0.25) is 9.38 Å². The van der Waals surface area contributed by atoms with Crippen LogP contribution in [0.4, 0.5) is 0 Å². The number of fused-ring (bicyclic) bond motifs is 2. The van der Waals surface area contributed by atoms with E-state index in [-0.39, 0.29) is 0 Å². The highest BCUT2D eigenvalue weighted by atomic mass is 15.0. The molecule has 0 amide bonds. The molecule has 0 radical (unpaired) electrons. The molecule has 3 heterocycles. The van der Waals surface area contributed by atoms with Gasteiger partial charge < -0.3 is 0 Å². The van der Waals surface area contributed by atoms with Gasteiger partial charge in [0.25, 0.3) is 0 Å². The lowest BCUT2D eigenvalue weighted by Gasteiger charge is -2.06. The molecule has 4 heteroatoms. The number of nitrogens with zero attached hydrogens (tertiary/aromatic N) is 4. The summed E-state index contributed by atoms with van der Waals surface area (Å²) in [5.74, 6) is 0.911. The predicted octanol–water partition coefficient (Wildman–Crippen LogP) is 4.92. The van der Waals surface area contributed by atoms with Crippen molar-refractivity contribution in [1.29, 1.82) is 0 Å². The summed E-state index contributed by atoms with van der Waals surface area (Å²) in [5.41, 5.74) is 6.10. The molecule has 124 valence electrons.